The summed E-state index contributed by atoms with van der Waals surface area (Å²) in [4.78, 5) is 2.48. The van der Waals surface area contributed by atoms with Crippen molar-refractivity contribution in [1.82, 2.24) is 15.1 Å². The van der Waals surface area contributed by atoms with Gasteiger partial charge in [-0.2, -0.15) is 16.9 Å². The molecule has 2 saturated heterocycles. The van der Waals surface area contributed by atoms with Crippen LogP contribution in [0.5, 0.6) is 0 Å². The Hall–Kier alpha value is -0.680. The summed E-state index contributed by atoms with van der Waals surface area (Å²) in [6.07, 6.45) is 9.40. The molecule has 0 amide bonds. The Morgan fingerprint density at radius 1 is 1.26 bits per heavy atom. The third-order valence-corrected chi connectivity index (χ3v) is 5.22. The van der Waals surface area contributed by atoms with Gasteiger partial charge in [-0.05, 0) is 37.2 Å². The highest BCUT2D eigenvalue weighted by Gasteiger charge is 2.24. The van der Waals surface area contributed by atoms with Crippen LogP contribution in [0.15, 0.2) is 12.4 Å². The number of hydrogen-bond donors (Lipinski definition) is 1. The maximum Gasteiger partial charge on any atom is 0.0752 e. The Balaban J connectivity index is 1.55. The van der Waals surface area contributed by atoms with Gasteiger partial charge in [-0.25, -0.2) is 0 Å². The van der Waals surface area contributed by atoms with Crippen molar-refractivity contribution in [2.45, 2.75) is 37.8 Å². The first kappa shape index (κ1) is 13.3. The van der Waals surface area contributed by atoms with E-state index in [1.165, 1.54) is 49.4 Å². The number of aromatic nitrogens is 2. The minimum absolute atomic E-state index is 0.655. The fourth-order valence-electron chi connectivity index (χ4n) is 3.12. The van der Waals surface area contributed by atoms with E-state index in [1.54, 1.807) is 0 Å². The number of piperidine rings is 1. The second kappa shape index (κ2) is 6.18. The van der Waals surface area contributed by atoms with E-state index in [0.29, 0.717) is 6.04 Å². The highest BCUT2D eigenvalue weighted by Crippen LogP contribution is 2.22. The van der Waals surface area contributed by atoms with Crippen molar-refractivity contribution in [3.63, 3.8) is 0 Å². The molecule has 0 bridgehead atoms. The van der Waals surface area contributed by atoms with Crippen LogP contribution < -0.4 is 10.2 Å². The zero-order chi connectivity index (χ0) is 13.1. The van der Waals surface area contributed by atoms with Crippen molar-refractivity contribution in [1.29, 1.82) is 0 Å². The molecule has 1 atom stereocenters. The summed E-state index contributed by atoms with van der Waals surface area (Å²) in [5.74, 6) is 2.66. The molecule has 106 valence electrons. The average molecular weight is 280 g/mol. The van der Waals surface area contributed by atoms with Gasteiger partial charge in [-0.15, -0.1) is 0 Å². The molecule has 1 unspecified atom stereocenters. The molecule has 5 heteroatoms. The minimum atomic E-state index is 0.655. The van der Waals surface area contributed by atoms with Crippen molar-refractivity contribution in [3.8, 4) is 0 Å². The van der Waals surface area contributed by atoms with Crippen LogP contribution in [0.1, 0.15) is 25.7 Å². The molecule has 19 heavy (non-hydrogen) atoms. The smallest absolute Gasteiger partial charge is 0.0752 e. The van der Waals surface area contributed by atoms with Gasteiger partial charge in [-0.1, -0.05) is 0 Å². The molecule has 0 aliphatic carbocycles. The second-order valence-electron chi connectivity index (χ2n) is 5.71. The van der Waals surface area contributed by atoms with Gasteiger partial charge in [0.05, 0.1) is 11.9 Å². The van der Waals surface area contributed by atoms with E-state index in [1.807, 2.05) is 17.9 Å². The van der Waals surface area contributed by atoms with Gasteiger partial charge in [0.25, 0.3) is 0 Å². The van der Waals surface area contributed by atoms with Crippen LogP contribution in [0.25, 0.3) is 0 Å². The molecule has 1 aromatic rings. The van der Waals surface area contributed by atoms with Crippen LogP contribution in [0.4, 0.5) is 5.69 Å². The lowest BCUT2D eigenvalue weighted by Gasteiger charge is -2.36. The largest absolute Gasteiger partial charge is 0.367 e. The Bertz CT molecular complexity index is 400. The molecular weight excluding hydrogens is 256 g/mol. The van der Waals surface area contributed by atoms with E-state index in [9.17, 15) is 0 Å². The van der Waals surface area contributed by atoms with Crippen LogP contribution >= 0.6 is 11.8 Å². The minimum Gasteiger partial charge on any atom is -0.367 e. The van der Waals surface area contributed by atoms with Crippen LogP contribution in [0.2, 0.25) is 0 Å². The van der Waals surface area contributed by atoms with Crippen LogP contribution in [0.3, 0.4) is 0 Å². The normalized spacial score (nSPS) is 25.7. The highest BCUT2D eigenvalue weighted by molar-refractivity contribution is 7.99. The zero-order valence-electron chi connectivity index (χ0n) is 11.7. The molecule has 4 nitrogen and oxygen atoms in total. The molecular formula is C14H24N4S. The van der Waals surface area contributed by atoms with E-state index in [2.05, 4.69) is 33.3 Å². The molecule has 2 aliphatic heterocycles. The summed E-state index contributed by atoms with van der Waals surface area (Å²) in [5.41, 5.74) is 1.27. The molecule has 2 aliphatic rings. The van der Waals surface area contributed by atoms with Crippen molar-refractivity contribution < 1.29 is 0 Å². The van der Waals surface area contributed by atoms with Gasteiger partial charge in [0, 0.05) is 38.4 Å². The first-order chi connectivity index (χ1) is 9.31. The quantitative estimate of drug-likeness (QED) is 0.916. The summed E-state index contributed by atoms with van der Waals surface area (Å²) < 4.78 is 1.89. The third-order valence-electron chi connectivity index (χ3n) is 4.17. The van der Waals surface area contributed by atoms with E-state index in [4.69, 9.17) is 0 Å². The van der Waals surface area contributed by atoms with Crippen molar-refractivity contribution in [3.05, 3.63) is 12.4 Å². The van der Waals surface area contributed by atoms with Gasteiger partial charge in [0.15, 0.2) is 0 Å². The monoisotopic (exact) mass is 280 g/mol. The maximum atomic E-state index is 4.28. The summed E-state index contributed by atoms with van der Waals surface area (Å²) in [5, 5.41) is 8.17. The van der Waals surface area contributed by atoms with Crippen molar-refractivity contribution in [2.24, 2.45) is 7.05 Å². The highest BCUT2D eigenvalue weighted by atomic mass is 32.2. The lowest BCUT2D eigenvalue weighted by atomic mass is 10.0. The number of anilines is 1. The Morgan fingerprint density at radius 3 is 2.84 bits per heavy atom. The zero-order valence-corrected chi connectivity index (χ0v) is 12.5. The van der Waals surface area contributed by atoms with Gasteiger partial charge in [0.1, 0.15) is 0 Å². The topological polar surface area (TPSA) is 33.1 Å². The molecule has 2 fully saturated rings. The Morgan fingerprint density at radius 2 is 2.11 bits per heavy atom. The molecule has 1 aromatic heterocycles. The van der Waals surface area contributed by atoms with E-state index in [0.717, 1.165) is 12.6 Å². The fourth-order valence-corrected chi connectivity index (χ4v) is 4.22. The molecule has 3 rings (SSSR count). The maximum absolute atomic E-state index is 4.28. The molecule has 0 aromatic carbocycles. The number of thioether (sulfide) groups is 1. The number of rotatable bonds is 3. The standard InChI is InChI=1S/C14H24N4S/c1-17-11-14(9-15-17)18-6-2-3-13(10-18)16-12-4-7-19-8-5-12/h9,11-13,16H,2-8,10H2,1H3. The Kier molecular flexibility index (Phi) is 4.33. The van der Waals surface area contributed by atoms with Crippen LogP contribution in [-0.2, 0) is 7.05 Å². The number of nitrogens with one attached hydrogen (secondary N) is 1. The molecule has 0 radical (unpaired) electrons. The van der Waals surface area contributed by atoms with Gasteiger partial charge in [-0.3, -0.25) is 4.68 Å². The first-order valence-corrected chi connectivity index (χ1v) is 8.54. The van der Waals surface area contributed by atoms with Crippen LogP contribution in [0, 0.1) is 0 Å². The number of hydrogen-bond acceptors (Lipinski definition) is 4. The number of nitrogens with zero attached hydrogens (tertiary/aromatic N) is 3. The molecule has 0 spiro atoms. The summed E-state index contributed by atoms with van der Waals surface area (Å²) >= 11 is 2.10. The van der Waals surface area contributed by atoms with E-state index in [-0.39, 0.29) is 0 Å². The molecule has 3 heterocycles. The predicted octanol–water partition coefficient (Wildman–Crippen LogP) is 1.87. The van der Waals surface area contributed by atoms with Crippen molar-refractivity contribution in [2.75, 3.05) is 29.5 Å². The summed E-state index contributed by atoms with van der Waals surface area (Å²) in [6.45, 7) is 2.31. The predicted molar refractivity (Wildman–Crippen MR) is 81.9 cm³/mol. The van der Waals surface area contributed by atoms with Crippen LogP contribution in [-0.4, -0.2) is 46.5 Å². The summed E-state index contributed by atoms with van der Waals surface area (Å²) in [7, 11) is 1.99. The SMILES string of the molecule is Cn1cc(N2CCCC(NC3CCSCC3)C2)cn1. The third kappa shape index (κ3) is 3.45. The number of aryl methyl sites for hydroxylation is 1. The average Bonchev–Trinajstić information content (AvgIpc) is 2.87. The summed E-state index contributed by atoms with van der Waals surface area (Å²) in [6, 6.07) is 1.40. The van der Waals surface area contributed by atoms with Gasteiger partial charge >= 0.3 is 0 Å². The fraction of sp³-hybridized carbons (Fsp3) is 0.786. The van der Waals surface area contributed by atoms with E-state index >= 15 is 0 Å². The second-order valence-corrected chi connectivity index (χ2v) is 6.94. The van der Waals surface area contributed by atoms with E-state index < -0.39 is 0 Å². The molecule has 1 N–H and O–H groups in total. The lowest BCUT2D eigenvalue weighted by Crippen LogP contribution is -2.50. The lowest BCUT2D eigenvalue weighted by molar-refractivity contribution is 0.360. The Labute approximate surface area is 119 Å². The van der Waals surface area contributed by atoms with Gasteiger partial charge < -0.3 is 10.2 Å². The van der Waals surface area contributed by atoms with Crippen molar-refractivity contribution >= 4 is 17.4 Å². The molecule has 0 saturated carbocycles. The van der Waals surface area contributed by atoms with Gasteiger partial charge in [0.2, 0.25) is 0 Å². The first-order valence-electron chi connectivity index (χ1n) is 7.38.